The van der Waals surface area contributed by atoms with Gasteiger partial charge in [-0.2, -0.15) is 4.90 Å². The fourth-order valence-electron chi connectivity index (χ4n) is 1.93. The Labute approximate surface area is 157 Å². The van der Waals surface area contributed by atoms with Crippen molar-refractivity contribution in [2.24, 2.45) is 0 Å². The van der Waals surface area contributed by atoms with E-state index in [9.17, 15) is 9.59 Å². The monoisotopic (exact) mass is 377 g/mol. The van der Waals surface area contributed by atoms with Crippen molar-refractivity contribution < 1.29 is 19.1 Å². The van der Waals surface area contributed by atoms with Gasteiger partial charge in [0.2, 0.25) is 0 Å². The van der Waals surface area contributed by atoms with E-state index in [-0.39, 0.29) is 11.4 Å². The zero-order chi connectivity index (χ0) is 20.5. The number of hydrogen-bond acceptors (Lipinski definition) is 6. The highest BCUT2D eigenvalue weighted by Gasteiger charge is 2.37. The summed E-state index contributed by atoms with van der Waals surface area (Å²) in [5.41, 5.74) is -1.37. The Morgan fingerprint density at radius 1 is 1.00 bits per heavy atom. The molecule has 142 valence electrons. The lowest BCUT2D eigenvalue weighted by atomic mass is 10.1. The highest BCUT2D eigenvalue weighted by Crippen LogP contribution is 2.20. The van der Waals surface area contributed by atoms with E-state index in [4.69, 9.17) is 17.3 Å². The molecule has 26 heavy (non-hydrogen) atoms. The minimum absolute atomic E-state index is 0.0990. The van der Waals surface area contributed by atoms with Crippen LogP contribution in [0, 0.1) is 0 Å². The topological polar surface area (TPSA) is 81.6 Å². The standard InChI is InChI=1S/C17H28BN3O4Si/c1-16(2,3)24-14(22)21(15(23)25-17(4,5)6)12-13(26(7,8)9)20-11(18)10-19-12/h10H,1-9H3. The number of nitrogens with zero attached hydrogens (tertiary/aromatic N) is 3. The molecule has 1 aromatic heterocycles. The molecule has 0 N–H and O–H groups in total. The summed E-state index contributed by atoms with van der Waals surface area (Å²) >= 11 is 0. The Balaban J connectivity index is 3.51. The van der Waals surface area contributed by atoms with Crippen LogP contribution in [0.4, 0.5) is 15.4 Å². The van der Waals surface area contributed by atoms with Crippen LogP contribution < -0.4 is 15.8 Å². The van der Waals surface area contributed by atoms with Crippen LogP contribution in [-0.4, -0.2) is 49.3 Å². The van der Waals surface area contributed by atoms with Gasteiger partial charge in [-0.3, -0.25) is 4.98 Å². The minimum Gasteiger partial charge on any atom is -0.443 e. The SMILES string of the molecule is [B]c1cnc(N(C(=O)OC(C)(C)C)C(=O)OC(C)(C)C)c([Si](C)(C)C)n1. The molecule has 1 aromatic rings. The Hall–Kier alpha value is -1.90. The second-order valence-electron chi connectivity index (χ2n) is 9.01. The summed E-state index contributed by atoms with van der Waals surface area (Å²) in [6.07, 6.45) is -0.434. The van der Waals surface area contributed by atoms with Crippen molar-refractivity contribution in [3.05, 3.63) is 6.20 Å². The molecule has 0 aliphatic carbocycles. The fraction of sp³-hybridized carbons (Fsp3) is 0.647. The van der Waals surface area contributed by atoms with E-state index >= 15 is 0 Å². The first-order chi connectivity index (χ1) is 11.5. The van der Waals surface area contributed by atoms with Gasteiger partial charge >= 0.3 is 12.2 Å². The second kappa shape index (κ2) is 7.38. The summed E-state index contributed by atoms with van der Waals surface area (Å²) < 4.78 is 10.8. The maximum absolute atomic E-state index is 12.8. The van der Waals surface area contributed by atoms with Crippen molar-refractivity contribution in [3.63, 3.8) is 0 Å². The number of aromatic nitrogens is 2. The molecule has 0 saturated carbocycles. The smallest absolute Gasteiger partial charge is 0.425 e. The summed E-state index contributed by atoms with van der Waals surface area (Å²) in [5, 5.41) is 0.522. The molecule has 0 aliphatic heterocycles. The van der Waals surface area contributed by atoms with Crippen LogP contribution in [0.3, 0.4) is 0 Å². The predicted octanol–water partition coefficient (Wildman–Crippen LogP) is 2.49. The van der Waals surface area contributed by atoms with E-state index in [1.807, 2.05) is 19.6 Å². The maximum Gasteiger partial charge on any atom is 0.425 e. The van der Waals surface area contributed by atoms with Gasteiger partial charge in [0.1, 0.15) is 27.1 Å². The van der Waals surface area contributed by atoms with E-state index < -0.39 is 31.5 Å². The van der Waals surface area contributed by atoms with Gasteiger partial charge in [-0.25, -0.2) is 14.6 Å². The van der Waals surface area contributed by atoms with Gasteiger partial charge in [0, 0.05) is 11.8 Å². The van der Waals surface area contributed by atoms with E-state index in [0.29, 0.717) is 5.32 Å². The van der Waals surface area contributed by atoms with Crippen LogP contribution in [0.15, 0.2) is 6.20 Å². The molecular weight excluding hydrogens is 349 g/mol. The average Bonchev–Trinajstić information content (AvgIpc) is 2.35. The normalized spacial score (nSPS) is 12.5. The number of ether oxygens (including phenoxy) is 2. The third-order valence-corrected chi connectivity index (χ3v) is 4.60. The Bertz CT molecular complexity index is 663. The molecule has 2 amide bonds. The third-order valence-electron chi connectivity index (χ3n) is 2.85. The molecule has 0 aromatic carbocycles. The Morgan fingerprint density at radius 3 is 1.77 bits per heavy atom. The third kappa shape index (κ3) is 6.44. The predicted molar refractivity (Wildman–Crippen MR) is 105 cm³/mol. The minimum atomic E-state index is -2.09. The first-order valence-electron chi connectivity index (χ1n) is 8.40. The molecule has 0 spiro atoms. The van der Waals surface area contributed by atoms with E-state index in [0.717, 1.165) is 4.90 Å². The summed E-state index contributed by atoms with van der Waals surface area (Å²) in [6.45, 7) is 16.3. The lowest BCUT2D eigenvalue weighted by molar-refractivity contribution is 0.0429. The summed E-state index contributed by atoms with van der Waals surface area (Å²) in [6, 6.07) is 0. The molecule has 0 aliphatic rings. The maximum atomic E-state index is 12.8. The van der Waals surface area contributed by atoms with Gasteiger partial charge in [-0.05, 0) is 41.5 Å². The molecule has 0 fully saturated rings. The number of hydrogen-bond donors (Lipinski definition) is 0. The van der Waals surface area contributed by atoms with Gasteiger partial charge in [0.05, 0.1) is 5.32 Å². The number of rotatable bonds is 2. The van der Waals surface area contributed by atoms with Crippen LogP contribution in [0.1, 0.15) is 41.5 Å². The van der Waals surface area contributed by atoms with Crippen molar-refractivity contribution in [1.29, 1.82) is 0 Å². The van der Waals surface area contributed by atoms with E-state index in [1.165, 1.54) is 6.20 Å². The zero-order valence-electron chi connectivity index (χ0n) is 17.1. The molecule has 0 unspecified atom stereocenters. The largest absolute Gasteiger partial charge is 0.443 e. The van der Waals surface area contributed by atoms with Crippen molar-refractivity contribution in [2.75, 3.05) is 4.90 Å². The summed E-state index contributed by atoms with van der Waals surface area (Å²) in [5.74, 6) is 0.0990. The molecule has 9 heteroatoms. The number of anilines is 1. The molecule has 0 saturated heterocycles. The van der Waals surface area contributed by atoms with Gasteiger partial charge in [-0.15, -0.1) is 0 Å². The molecule has 7 nitrogen and oxygen atoms in total. The number of amides is 2. The molecule has 1 heterocycles. The molecule has 1 rings (SSSR count). The van der Waals surface area contributed by atoms with Crippen LogP contribution in [0.5, 0.6) is 0 Å². The van der Waals surface area contributed by atoms with Crippen LogP contribution in [0.2, 0.25) is 19.6 Å². The summed E-state index contributed by atoms with van der Waals surface area (Å²) in [4.78, 5) is 34.9. The van der Waals surface area contributed by atoms with E-state index in [2.05, 4.69) is 9.97 Å². The van der Waals surface area contributed by atoms with Crippen LogP contribution in [-0.2, 0) is 9.47 Å². The Morgan fingerprint density at radius 2 is 1.42 bits per heavy atom. The van der Waals surface area contributed by atoms with Crippen molar-refractivity contribution in [1.82, 2.24) is 9.97 Å². The first-order valence-corrected chi connectivity index (χ1v) is 11.9. The molecule has 0 bridgehead atoms. The van der Waals surface area contributed by atoms with Crippen molar-refractivity contribution >= 4 is 44.8 Å². The van der Waals surface area contributed by atoms with E-state index in [1.54, 1.807) is 41.5 Å². The average molecular weight is 377 g/mol. The van der Waals surface area contributed by atoms with Gasteiger partial charge in [0.15, 0.2) is 5.82 Å². The van der Waals surface area contributed by atoms with Gasteiger partial charge in [-0.1, -0.05) is 19.6 Å². The number of imide groups is 1. The van der Waals surface area contributed by atoms with Crippen LogP contribution >= 0.6 is 0 Å². The summed E-state index contributed by atoms with van der Waals surface area (Å²) in [7, 11) is 3.69. The Kier molecular flexibility index (Phi) is 6.29. The highest BCUT2D eigenvalue weighted by atomic mass is 28.3. The van der Waals surface area contributed by atoms with Gasteiger partial charge < -0.3 is 9.47 Å². The molecular formula is C17H28BN3O4Si. The second-order valence-corrected chi connectivity index (χ2v) is 14.0. The van der Waals surface area contributed by atoms with Crippen molar-refractivity contribution in [3.8, 4) is 0 Å². The lowest BCUT2D eigenvalue weighted by Crippen LogP contribution is -2.52. The first kappa shape index (κ1) is 22.1. The molecule has 2 radical (unpaired) electrons. The fourth-order valence-corrected chi connectivity index (χ4v) is 3.24. The lowest BCUT2D eigenvalue weighted by Gasteiger charge is -2.30. The number of carbonyl (C=O) groups excluding carboxylic acids is 2. The quantitative estimate of drug-likeness (QED) is 0.737. The highest BCUT2D eigenvalue weighted by molar-refractivity contribution is 6.89. The number of carbonyl (C=O) groups is 2. The zero-order valence-corrected chi connectivity index (χ0v) is 18.1. The van der Waals surface area contributed by atoms with Crippen molar-refractivity contribution in [2.45, 2.75) is 72.4 Å². The van der Waals surface area contributed by atoms with Crippen LogP contribution in [0.25, 0.3) is 0 Å². The molecule has 0 atom stereocenters. The van der Waals surface area contributed by atoms with Gasteiger partial charge in [0.25, 0.3) is 0 Å².